The molecule has 0 aliphatic rings. The summed E-state index contributed by atoms with van der Waals surface area (Å²) in [5.41, 5.74) is 1.90. The fourth-order valence-electron chi connectivity index (χ4n) is 2.28. The van der Waals surface area contributed by atoms with Gasteiger partial charge in [-0.3, -0.25) is 0 Å². The Labute approximate surface area is 167 Å². The fraction of sp³-hybridized carbons (Fsp3) is 0.0435. The van der Waals surface area contributed by atoms with Crippen molar-refractivity contribution in [1.82, 2.24) is 0 Å². The van der Waals surface area contributed by atoms with Gasteiger partial charge in [-0.05, 0) is 41.5 Å². The average Bonchev–Trinajstić information content (AvgIpc) is 2.73. The lowest BCUT2D eigenvalue weighted by molar-refractivity contribution is -0.139. The van der Waals surface area contributed by atoms with E-state index in [1.807, 2.05) is 48.5 Å². The molecule has 3 rings (SSSR count). The maximum atomic E-state index is 12.3. The minimum atomic E-state index is -1.06. The first kappa shape index (κ1) is 21.4. The third-order valence-electron chi connectivity index (χ3n) is 3.60. The number of hydrogen-bond acceptors (Lipinski definition) is 3. The van der Waals surface area contributed by atoms with E-state index in [0.717, 1.165) is 5.56 Å². The minimum Gasteiger partial charge on any atom is -0.482 e. The van der Waals surface area contributed by atoms with Gasteiger partial charge in [-0.15, -0.1) is 0 Å². The maximum Gasteiger partial charge on any atom is 0.341 e. The summed E-state index contributed by atoms with van der Waals surface area (Å²) in [7, 11) is 0. The van der Waals surface area contributed by atoms with Crippen LogP contribution in [0.1, 0.15) is 11.1 Å². The van der Waals surface area contributed by atoms with Crippen molar-refractivity contribution in [2.75, 3.05) is 6.61 Å². The van der Waals surface area contributed by atoms with Crippen LogP contribution in [0.4, 0.5) is 4.39 Å². The van der Waals surface area contributed by atoms with Crippen LogP contribution in [-0.4, -0.2) is 28.8 Å². The molecule has 0 radical (unpaired) electrons. The number of halogens is 1. The highest BCUT2D eigenvalue weighted by atomic mass is 19.1. The van der Waals surface area contributed by atoms with Crippen molar-refractivity contribution >= 4 is 23.6 Å². The van der Waals surface area contributed by atoms with Gasteiger partial charge in [0.2, 0.25) is 0 Å². The van der Waals surface area contributed by atoms with Crippen molar-refractivity contribution < 1.29 is 28.9 Å². The Morgan fingerprint density at radius 3 is 1.90 bits per heavy atom. The zero-order valence-corrected chi connectivity index (χ0v) is 15.4. The molecule has 29 heavy (non-hydrogen) atoms. The van der Waals surface area contributed by atoms with E-state index in [4.69, 9.17) is 9.84 Å². The average molecular weight is 394 g/mol. The van der Waals surface area contributed by atoms with Gasteiger partial charge in [0.05, 0.1) is 5.57 Å². The smallest absolute Gasteiger partial charge is 0.341 e. The second kappa shape index (κ2) is 11.0. The molecule has 5 nitrogen and oxygen atoms in total. The summed E-state index contributed by atoms with van der Waals surface area (Å²) in [5, 5.41) is 17.5. The largest absolute Gasteiger partial charge is 0.482 e. The van der Waals surface area contributed by atoms with Crippen LogP contribution < -0.4 is 4.74 Å². The van der Waals surface area contributed by atoms with Crippen LogP contribution in [-0.2, 0) is 9.59 Å². The fourth-order valence-corrected chi connectivity index (χ4v) is 2.28. The van der Waals surface area contributed by atoms with E-state index in [0.29, 0.717) is 16.9 Å². The molecule has 0 aromatic heterocycles. The molecule has 0 bridgehead atoms. The molecule has 0 aliphatic heterocycles. The summed E-state index contributed by atoms with van der Waals surface area (Å²) >= 11 is 0. The summed E-state index contributed by atoms with van der Waals surface area (Å²) in [6.07, 6.45) is 1.68. The Kier molecular flexibility index (Phi) is 8.13. The minimum absolute atomic E-state index is 0.303. The van der Waals surface area contributed by atoms with Gasteiger partial charge in [0.25, 0.3) is 0 Å². The van der Waals surface area contributed by atoms with Crippen LogP contribution >= 0.6 is 0 Å². The molecule has 0 aliphatic carbocycles. The molecular weight excluding hydrogens is 375 g/mol. The number of benzene rings is 3. The van der Waals surface area contributed by atoms with E-state index >= 15 is 0 Å². The van der Waals surface area contributed by atoms with E-state index in [9.17, 15) is 19.1 Å². The summed E-state index contributed by atoms with van der Waals surface area (Å²) in [6.45, 7) is -0.411. The monoisotopic (exact) mass is 394 g/mol. The lowest BCUT2D eigenvalue weighted by Crippen LogP contribution is -2.09. The van der Waals surface area contributed by atoms with Crippen molar-refractivity contribution in [3.63, 3.8) is 0 Å². The molecule has 0 heterocycles. The van der Waals surface area contributed by atoms with E-state index in [-0.39, 0.29) is 5.82 Å². The molecule has 3 aromatic carbocycles. The van der Waals surface area contributed by atoms with E-state index in [2.05, 4.69) is 0 Å². The summed E-state index contributed by atoms with van der Waals surface area (Å²) in [4.78, 5) is 21.3. The lowest BCUT2D eigenvalue weighted by atomic mass is 10.0. The van der Waals surface area contributed by atoms with Crippen molar-refractivity contribution in [3.05, 3.63) is 102 Å². The molecule has 0 fully saturated rings. The molecule has 148 valence electrons. The molecule has 3 aromatic rings. The van der Waals surface area contributed by atoms with Crippen LogP contribution in [0.5, 0.6) is 5.75 Å². The van der Waals surface area contributed by atoms with Crippen molar-refractivity contribution in [3.8, 4) is 5.75 Å². The predicted molar refractivity (Wildman–Crippen MR) is 108 cm³/mol. The van der Waals surface area contributed by atoms with Gasteiger partial charge < -0.3 is 14.9 Å². The molecule has 0 saturated heterocycles. The third-order valence-corrected chi connectivity index (χ3v) is 3.60. The zero-order valence-electron chi connectivity index (χ0n) is 15.4. The molecule has 2 N–H and O–H groups in total. The number of carboxylic acid groups (broad SMARTS) is 2. The summed E-state index contributed by atoms with van der Waals surface area (Å²) < 4.78 is 17.1. The van der Waals surface area contributed by atoms with Gasteiger partial charge in [0.15, 0.2) is 6.61 Å². The molecular formula is C23H19FO5. The predicted octanol–water partition coefficient (Wildman–Crippen LogP) is 4.60. The third kappa shape index (κ3) is 7.68. The Balaban J connectivity index is 0.000000221. The first-order chi connectivity index (χ1) is 14.0. The van der Waals surface area contributed by atoms with Crippen LogP contribution in [0.2, 0.25) is 0 Å². The van der Waals surface area contributed by atoms with Crippen LogP contribution in [0.25, 0.3) is 11.6 Å². The lowest BCUT2D eigenvalue weighted by Gasteiger charge is -2.02. The number of carbonyl (C=O) groups is 2. The Bertz CT molecular complexity index is 952. The van der Waals surface area contributed by atoms with Crippen LogP contribution in [0, 0.1) is 5.82 Å². The quantitative estimate of drug-likeness (QED) is 0.472. The first-order valence-electron chi connectivity index (χ1n) is 8.61. The topological polar surface area (TPSA) is 83.8 Å². The van der Waals surface area contributed by atoms with Crippen molar-refractivity contribution in [2.45, 2.75) is 0 Å². The Hall–Kier alpha value is -3.93. The van der Waals surface area contributed by atoms with Gasteiger partial charge in [0.1, 0.15) is 11.6 Å². The molecule has 0 atom stereocenters. The van der Waals surface area contributed by atoms with E-state index in [1.54, 1.807) is 18.2 Å². The van der Waals surface area contributed by atoms with Crippen molar-refractivity contribution in [1.29, 1.82) is 0 Å². The summed E-state index contributed by atoms with van der Waals surface area (Å²) in [5.74, 6) is -2.00. The molecule has 0 amide bonds. The molecule has 6 heteroatoms. The van der Waals surface area contributed by atoms with Gasteiger partial charge in [0, 0.05) is 0 Å². The van der Waals surface area contributed by atoms with Gasteiger partial charge >= 0.3 is 11.9 Å². The van der Waals surface area contributed by atoms with Crippen LogP contribution in [0.3, 0.4) is 0 Å². The second-order valence-electron chi connectivity index (χ2n) is 5.78. The SMILES string of the molecule is O=C(O)C(=Cc1ccccc1)c1ccccc1.O=C(O)COc1ccc(F)cc1. The highest BCUT2D eigenvalue weighted by Crippen LogP contribution is 2.18. The highest BCUT2D eigenvalue weighted by Gasteiger charge is 2.09. The van der Waals surface area contributed by atoms with E-state index < -0.39 is 18.5 Å². The number of carboxylic acids is 2. The van der Waals surface area contributed by atoms with Gasteiger partial charge in [-0.2, -0.15) is 0 Å². The van der Waals surface area contributed by atoms with Gasteiger partial charge in [-0.1, -0.05) is 60.7 Å². The van der Waals surface area contributed by atoms with Crippen molar-refractivity contribution in [2.24, 2.45) is 0 Å². The molecule has 0 spiro atoms. The van der Waals surface area contributed by atoms with E-state index in [1.165, 1.54) is 24.3 Å². The highest BCUT2D eigenvalue weighted by molar-refractivity contribution is 6.20. The first-order valence-corrected chi connectivity index (χ1v) is 8.61. The maximum absolute atomic E-state index is 12.3. The standard InChI is InChI=1S/C15H12O2.C8H7FO3/c16-15(17)14(13-9-5-2-6-10-13)11-12-7-3-1-4-8-12;9-6-1-3-7(4-2-6)12-5-8(10)11/h1-11H,(H,16,17);1-4H,5H2,(H,10,11). The Morgan fingerprint density at radius 1 is 0.828 bits per heavy atom. The Morgan fingerprint density at radius 2 is 1.38 bits per heavy atom. The van der Waals surface area contributed by atoms with Gasteiger partial charge in [-0.25, -0.2) is 14.0 Å². The second-order valence-corrected chi connectivity index (χ2v) is 5.78. The molecule has 0 unspecified atom stereocenters. The number of aliphatic carboxylic acids is 2. The number of hydrogen-bond donors (Lipinski definition) is 2. The van der Waals surface area contributed by atoms with Crippen LogP contribution in [0.15, 0.2) is 84.9 Å². The summed E-state index contributed by atoms with van der Waals surface area (Å²) in [6, 6.07) is 23.7. The zero-order chi connectivity index (χ0) is 21.1. The molecule has 0 saturated carbocycles. The number of ether oxygens (including phenoxy) is 1. The number of rotatable bonds is 6. The normalized spacial score (nSPS) is 10.4.